The van der Waals surface area contributed by atoms with Crippen molar-refractivity contribution >= 4 is 43.6 Å². The summed E-state index contributed by atoms with van der Waals surface area (Å²) in [6.07, 6.45) is 2.54. The van der Waals surface area contributed by atoms with Gasteiger partial charge in [0, 0.05) is 12.5 Å². The maximum atomic E-state index is 11.5. The van der Waals surface area contributed by atoms with E-state index in [4.69, 9.17) is 5.73 Å². The van der Waals surface area contributed by atoms with Crippen molar-refractivity contribution in [1.29, 1.82) is 0 Å². The highest BCUT2D eigenvalue weighted by atomic mass is 79.9. The number of nitrogens with two attached hydrogens (primary N) is 1. The van der Waals surface area contributed by atoms with Crippen LogP contribution in [0.4, 0.5) is 5.82 Å². The Hall–Kier alpha value is -0.530. The van der Waals surface area contributed by atoms with Crippen molar-refractivity contribution in [3.8, 4) is 0 Å². The number of hydrogen-bond acceptors (Lipinski definition) is 4. The van der Waals surface area contributed by atoms with Gasteiger partial charge in [-0.2, -0.15) is 0 Å². The van der Waals surface area contributed by atoms with Crippen molar-refractivity contribution in [1.82, 2.24) is 9.97 Å². The first-order valence-corrected chi connectivity index (χ1v) is 6.31. The molecule has 1 aromatic rings. The molecule has 16 heavy (non-hydrogen) atoms. The Balaban J connectivity index is 2.56. The van der Waals surface area contributed by atoms with Crippen molar-refractivity contribution in [3.05, 3.63) is 15.4 Å². The van der Waals surface area contributed by atoms with Crippen LogP contribution in [0.3, 0.4) is 0 Å². The summed E-state index contributed by atoms with van der Waals surface area (Å²) in [5, 5.41) is 2.66. The van der Waals surface area contributed by atoms with E-state index in [2.05, 4.69) is 47.1 Å². The predicted octanol–water partition coefficient (Wildman–Crippen LogP) is 2.07. The Morgan fingerprint density at radius 1 is 1.62 bits per heavy atom. The lowest BCUT2D eigenvalue weighted by Crippen LogP contribution is -2.20. The molecule has 88 valence electrons. The van der Waals surface area contributed by atoms with Gasteiger partial charge in [0.05, 0.1) is 6.20 Å². The molecule has 1 heterocycles. The minimum atomic E-state index is -0.116. The second-order valence-corrected chi connectivity index (χ2v) is 4.96. The van der Waals surface area contributed by atoms with Crippen molar-refractivity contribution in [2.45, 2.75) is 25.8 Å². The van der Waals surface area contributed by atoms with Gasteiger partial charge in [0.2, 0.25) is 5.91 Å². The summed E-state index contributed by atoms with van der Waals surface area (Å²) in [5.74, 6) is 0.299. The number of aromatic nitrogens is 2. The molecule has 0 aliphatic heterocycles. The molecule has 0 fully saturated rings. The zero-order valence-corrected chi connectivity index (χ0v) is 11.9. The Labute approximate surface area is 110 Å². The molecular formula is C9H12Br2N4O. The third-order valence-corrected chi connectivity index (χ3v) is 2.72. The van der Waals surface area contributed by atoms with E-state index in [-0.39, 0.29) is 11.9 Å². The molecule has 0 aliphatic rings. The molecule has 0 aliphatic carbocycles. The fourth-order valence-corrected chi connectivity index (χ4v) is 1.89. The lowest BCUT2D eigenvalue weighted by atomic mass is 10.2. The largest absolute Gasteiger partial charge is 0.328 e. The summed E-state index contributed by atoms with van der Waals surface area (Å²) in [6, 6.07) is 0.0187. The molecule has 0 radical (unpaired) electrons. The van der Waals surface area contributed by atoms with Gasteiger partial charge in [-0.3, -0.25) is 4.79 Å². The van der Waals surface area contributed by atoms with Crippen LogP contribution in [0, 0.1) is 0 Å². The third kappa shape index (κ3) is 4.54. The van der Waals surface area contributed by atoms with Crippen LogP contribution < -0.4 is 11.1 Å². The van der Waals surface area contributed by atoms with Crippen LogP contribution in [0.5, 0.6) is 0 Å². The van der Waals surface area contributed by atoms with Crippen molar-refractivity contribution < 1.29 is 4.79 Å². The summed E-state index contributed by atoms with van der Waals surface area (Å²) in [5.41, 5.74) is 5.56. The van der Waals surface area contributed by atoms with Crippen molar-refractivity contribution in [3.63, 3.8) is 0 Å². The lowest BCUT2D eigenvalue weighted by molar-refractivity contribution is -0.116. The molecule has 0 bridgehead atoms. The molecule has 1 aromatic heterocycles. The molecule has 1 unspecified atom stereocenters. The van der Waals surface area contributed by atoms with Crippen LogP contribution in [-0.2, 0) is 4.79 Å². The van der Waals surface area contributed by atoms with E-state index >= 15 is 0 Å². The first-order chi connectivity index (χ1) is 7.49. The highest BCUT2D eigenvalue weighted by molar-refractivity contribution is 9.11. The number of halogens is 2. The second kappa shape index (κ2) is 6.27. The minimum Gasteiger partial charge on any atom is -0.328 e. The monoisotopic (exact) mass is 350 g/mol. The summed E-state index contributed by atoms with van der Waals surface area (Å²) in [7, 11) is 0. The number of rotatable bonds is 4. The van der Waals surface area contributed by atoms with Crippen LogP contribution in [0.15, 0.2) is 15.4 Å². The second-order valence-electron chi connectivity index (χ2n) is 3.40. The number of nitrogens with one attached hydrogen (secondary N) is 1. The van der Waals surface area contributed by atoms with Gasteiger partial charge in [-0.05, 0) is 45.2 Å². The Kier molecular flexibility index (Phi) is 5.30. The van der Waals surface area contributed by atoms with Crippen LogP contribution in [0.2, 0.25) is 0 Å². The molecule has 0 spiro atoms. The predicted molar refractivity (Wildman–Crippen MR) is 68.9 cm³/mol. The molecular weight excluding hydrogens is 340 g/mol. The minimum absolute atomic E-state index is 0.0187. The molecule has 0 saturated heterocycles. The smallest absolute Gasteiger partial charge is 0.225 e. The van der Waals surface area contributed by atoms with Gasteiger partial charge < -0.3 is 11.1 Å². The SMILES string of the molecule is CC(N)CCC(=O)Nc1ncc(Br)nc1Br. The van der Waals surface area contributed by atoms with E-state index in [0.717, 1.165) is 0 Å². The van der Waals surface area contributed by atoms with Gasteiger partial charge >= 0.3 is 0 Å². The van der Waals surface area contributed by atoms with Gasteiger partial charge in [0.25, 0.3) is 0 Å². The molecule has 1 atom stereocenters. The Bertz CT molecular complexity index is 384. The highest BCUT2D eigenvalue weighted by Crippen LogP contribution is 2.19. The molecule has 7 heteroatoms. The standard InChI is InChI=1S/C9H12Br2N4O/c1-5(12)2-3-7(16)15-9-8(11)14-6(10)4-13-9/h4-5H,2-3,12H2,1H3,(H,13,15,16). The van der Waals surface area contributed by atoms with E-state index in [1.165, 1.54) is 6.20 Å². The summed E-state index contributed by atoms with van der Waals surface area (Å²) >= 11 is 6.39. The van der Waals surface area contributed by atoms with Gasteiger partial charge in [-0.1, -0.05) is 0 Å². The van der Waals surface area contributed by atoms with Gasteiger partial charge in [-0.25, -0.2) is 9.97 Å². The number of hydrogen-bond donors (Lipinski definition) is 2. The molecule has 0 aromatic carbocycles. The average Bonchev–Trinajstić information content (AvgIpc) is 2.19. The van der Waals surface area contributed by atoms with Gasteiger partial charge in [0.1, 0.15) is 9.21 Å². The summed E-state index contributed by atoms with van der Waals surface area (Å²) < 4.78 is 1.10. The normalized spacial score (nSPS) is 12.2. The van der Waals surface area contributed by atoms with Crippen LogP contribution in [0.1, 0.15) is 19.8 Å². The van der Waals surface area contributed by atoms with Gasteiger partial charge in [0.15, 0.2) is 5.82 Å². The molecule has 5 nitrogen and oxygen atoms in total. The third-order valence-electron chi connectivity index (χ3n) is 1.79. The highest BCUT2D eigenvalue weighted by Gasteiger charge is 2.09. The number of nitrogens with zero attached hydrogens (tertiary/aromatic N) is 2. The average molecular weight is 352 g/mol. The van der Waals surface area contributed by atoms with Crippen LogP contribution in [0.25, 0.3) is 0 Å². The fraction of sp³-hybridized carbons (Fsp3) is 0.444. The summed E-state index contributed by atoms with van der Waals surface area (Å²) in [6.45, 7) is 1.86. The lowest BCUT2D eigenvalue weighted by Gasteiger charge is -2.07. The first kappa shape index (κ1) is 13.5. The number of carbonyl (C=O) groups is 1. The molecule has 1 rings (SSSR count). The summed E-state index contributed by atoms with van der Waals surface area (Å²) in [4.78, 5) is 19.6. The van der Waals surface area contributed by atoms with Gasteiger partial charge in [-0.15, -0.1) is 0 Å². The number of anilines is 1. The zero-order valence-electron chi connectivity index (χ0n) is 8.70. The Morgan fingerprint density at radius 3 is 2.88 bits per heavy atom. The number of amides is 1. The van der Waals surface area contributed by atoms with Crippen molar-refractivity contribution in [2.75, 3.05) is 5.32 Å². The van der Waals surface area contributed by atoms with Crippen molar-refractivity contribution in [2.24, 2.45) is 5.73 Å². The topological polar surface area (TPSA) is 80.9 Å². The zero-order chi connectivity index (χ0) is 12.1. The van der Waals surface area contributed by atoms with Crippen LogP contribution >= 0.6 is 31.9 Å². The fourth-order valence-electron chi connectivity index (χ4n) is 0.984. The Morgan fingerprint density at radius 2 is 2.31 bits per heavy atom. The van der Waals surface area contributed by atoms with E-state index in [1.54, 1.807) is 0 Å². The van der Waals surface area contributed by atoms with E-state index in [0.29, 0.717) is 27.9 Å². The molecule has 3 N–H and O–H groups in total. The van der Waals surface area contributed by atoms with E-state index in [9.17, 15) is 4.79 Å². The van der Waals surface area contributed by atoms with E-state index in [1.807, 2.05) is 6.92 Å². The molecule has 0 saturated carbocycles. The van der Waals surface area contributed by atoms with E-state index < -0.39 is 0 Å². The molecule has 1 amide bonds. The van der Waals surface area contributed by atoms with Crippen LogP contribution in [-0.4, -0.2) is 21.9 Å². The first-order valence-electron chi connectivity index (χ1n) is 4.72. The number of carbonyl (C=O) groups excluding carboxylic acids is 1. The maximum Gasteiger partial charge on any atom is 0.225 e. The quantitative estimate of drug-likeness (QED) is 0.870. The maximum absolute atomic E-state index is 11.5.